The van der Waals surface area contributed by atoms with Gasteiger partial charge in [-0.15, -0.1) is 0 Å². The molecule has 172 valence electrons. The molecule has 2 amide bonds. The highest BCUT2D eigenvalue weighted by Crippen LogP contribution is 2.56. The number of esters is 1. The fourth-order valence-electron chi connectivity index (χ4n) is 5.79. The van der Waals surface area contributed by atoms with Crippen LogP contribution in [0, 0.1) is 12.8 Å². The van der Waals surface area contributed by atoms with Crippen LogP contribution in [0.5, 0.6) is 0 Å². The molecule has 2 aromatic rings. The van der Waals surface area contributed by atoms with Gasteiger partial charge in [0, 0.05) is 28.0 Å². The van der Waals surface area contributed by atoms with Crippen molar-refractivity contribution in [3.8, 4) is 0 Å². The van der Waals surface area contributed by atoms with Gasteiger partial charge in [0.25, 0.3) is 0 Å². The fraction of sp³-hybridized carbons (Fsp3) is 0.400. The Labute approximate surface area is 197 Å². The third-order valence-electron chi connectivity index (χ3n) is 7.12. The van der Waals surface area contributed by atoms with Crippen LogP contribution in [-0.4, -0.2) is 41.9 Å². The van der Waals surface area contributed by atoms with Crippen molar-refractivity contribution in [2.45, 2.75) is 44.7 Å². The number of anilines is 2. The van der Waals surface area contributed by atoms with Crippen molar-refractivity contribution in [2.24, 2.45) is 5.92 Å². The molecule has 8 heteroatoms. The van der Waals surface area contributed by atoms with E-state index in [2.05, 4.69) is 15.5 Å². The number of halogens is 1. The van der Waals surface area contributed by atoms with Crippen molar-refractivity contribution in [1.82, 2.24) is 4.90 Å². The molecular formula is C25H26ClN3O4. The predicted molar refractivity (Wildman–Crippen MR) is 125 cm³/mol. The Morgan fingerprint density at radius 3 is 2.76 bits per heavy atom. The summed E-state index contributed by atoms with van der Waals surface area (Å²) in [5.74, 6) is -1.34. The summed E-state index contributed by atoms with van der Waals surface area (Å²) in [4.78, 5) is 41.3. The van der Waals surface area contributed by atoms with E-state index in [1.807, 2.05) is 19.1 Å². The Kier molecular flexibility index (Phi) is 5.41. The molecular weight excluding hydrogens is 442 g/mol. The number of amides is 2. The van der Waals surface area contributed by atoms with Gasteiger partial charge in [-0.2, -0.15) is 0 Å². The lowest BCUT2D eigenvalue weighted by Crippen LogP contribution is -2.53. The van der Waals surface area contributed by atoms with Crippen LogP contribution in [0.4, 0.5) is 11.4 Å². The number of fused-ring (bicyclic) bond motifs is 4. The van der Waals surface area contributed by atoms with Crippen LogP contribution in [-0.2, 0) is 19.9 Å². The van der Waals surface area contributed by atoms with Gasteiger partial charge in [-0.3, -0.25) is 14.5 Å². The Hall–Kier alpha value is -2.90. The van der Waals surface area contributed by atoms with Crippen LogP contribution < -0.4 is 10.6 Å². The molecule has 3 atom stereocenters. The van der Waals surface area contributed by atoms with E-state index < -0.39 is 17.4 Å². The molecule has 0 radical (unpaired) electrons. The zero-order valence-electron chi connectivity index (χ0n) is 18.6. The lowest BCUT2D eigenvalue weighted by atomic mass is 9.78. The van der Waals surface area contributed by atoms with Gasteiger partial charge in [0.2, 0.25) is 11.8 Å². The molecule has 0 unspecified atom stereocenters. The second-order valence-corrected chi connectivity index (χ2v) is 9.37. The monoisotopic (exact) mass is 467 g/mol. The van der Waals surface area contributed by atoms with E-state index in [1.54, 1.807) is 31.2 Å². The number of nitrogens with zero attached hydrogens (tertiary/aromatic N) is 1. The summed E-state index contributed by atoms with van der Waals surface area (Å²) in [7, 11) is 0. The fourth-order valence-corrected chi connectivity index (χ4v) is 6.06. The van der Waals surface area contributed by atoms with Crippen LogP contribution in [0.2, 0.25) is 5.02 Å². The molecule has 0 saturated carbocycles. The summed E-state index contributed by atoms with van der Waals surface area (Å²) >= 11 is 6.40. The molecule has 2 saturated heterocycles. The predicted octanol–water partition coefficient (Wildman–Crippen LogP) is 4.10. The number of rotatable bonds is 4. The number of carbonyl (C=O) groups is 3. The SMILES string of the molecule is CCOC(=O)c1ccc(NC(=O)[C@@H]2C[C@H]3CCCN3[C@]23C(=O)Nc2c(C)cc(Cl)cc23)cc1. The van der Waals surface area contributed by atoms with Gasteiger partial charge < -0.3 is 15.4 Å². The number of nitrogens with one attached hydrogen (secondary N) is 2. The second kappa shape index (κ2) is 8.15. The lowest BCUT2D eigenvalue weighted by molar-refractivity contribution is -0.135. The van der Waals surface area contributed by atoms with Crippen LogP contribution >= 0.6 is 11.6 Å². The Morgan fingerprint density at radius 1 is 1.27 bits per heavy atom. The first kappa shape index (κ1) is 21.9. The molecule has 7 nitrogen and oxygen atoms in total. The summed E-state index contributed by atoms with van der Waals surface area (Å²) in [5, 5.41) is 6.57. The van der Waals surface area contributed by atoms with Crippen LogP contribution in [0.1, 0.15) is 47.7 Å². The van der Waals surface area contributed by atoms with Crippen molar-refractivity contribution >= 4 is 40.8 Å². The molecule has 0 aromatic heterocycles. The minimum atomic E-state index is -1.07. The average molecular weight is 468 g/mol. The second-order valence-electron chi connectivity index (χ2n) is 8.93. The number of carbonyl (C=O) groups excluding carboxylic acids is 3. The molecule has 1 spiro atoms. The van der Waals surface area contributed by atoms with E-state index in [4.69, 9.17) is 16.3 Å². The number of hydrogen-bond donors (Lipinski definition) is 2. The van der Waals surface area contributed by atoms with Gasteiger partial charge in [0.1, 0.15) is 5.54 Å². The van der Waals surface area contributed by atoms with Crippen molar-refractivity contribution in [2.75, 3.05) is 23.8 Å². The largest absolute Gasteiger partial charge is 0.462 e. The Morgan fingerprint density at radius 2 is 2.03 bits per heavy atom. The third-order valence-corrected chi connectivity index (χ3v) is 7.34. The number of aryl methyl sites for hydroxylation is 1. The van der Waals surface area contributed by atoms with E-state index in [0.29, 0.717) is 29.3 Å². The number of benzene rings is 2. The molecule has 0 aliphatic carbocycles. The summed E-state index contributed by atoms with van der Waals surface area (Å²) < 4.78 is 5.01. The molecule has 5 rings (SSSR count). The van der Waals surface area contributed by atoms with Gasteiger partial charge in [-0.05, 0) is 81.6 Å². The maximum atomic E-state index is 13.6. The molecule has 3 aliphatic rings. The first-order chi connectivity index (χ1) is 15.9. The minimum absolute atomic E-state index is 0.162. The normalized spacial score (nSPS) is 25.6. The topological polar surface area (TPSA) is 87.7 Å². The van der Waals surface area contributed by atoms with E-state index in [1.165, 1.54) is 0 Å². The van der Waals surface area contributed by atoms with Gasteiger partial charge in [0.05, 0.1) is 18.1 Å². The number of ether oxygens (including phenoxy) is 1. The summed E-state index contributed by atoms with van der Waals surface area (Å²) in [5.41, 5.74) is 2.35. The Balaban J connectivity index is 1.49. The van der Waals surface area contributed by atoms with Crippen molar-refractivity contribution in [1.29, 1.82) is 0 Å². The molecule has 33 heavy (non-hydrogen) atoms. The zero-order chi connectivity index (χ0) is 23.3. The maximum absolute atomic E-state index is 13.6. The first-order valence-corrected chi connectivity index (χ1v) is 11.7. The van der Waals surface area contributed by atoms with E-state index >= 15 is 0 Å². The van der Waals surface area contributed by atoms with Crippen molar-refractivity contribution in [3.05, 3.63) is 58.1 Å². The first-order valence-electron chi connectivity index (χ1n) is 11.3. The van der Waals surface area contributed by atoms with E-state index in [9.17, 15) is 14.4 Å². The Bertz CT molecular complexity index is 1150. The van der Waals surface area contributed by atoms with Gasteiger partial charge in [-0.1, -0.05) is 11.6 Å². The zero-order valence-corrected chi connectivity index (χ0v) is 19.4. The van der Waals surface area contributed by atoms with E-state index in [-0.39, 0.29) is 17.9 Å². The van der Waals surface area contributed by atoms with Crippen molar-refractivity contribution < 1.29 is 19.1 Å². The molecule has 2 aromatic carbocycles. The molecule has 0 bridgehead atoms. The van der Waals surface area contributed by atoms with Gasteiger partial charge >= 0.3 is 5.97 Å². The minimum Gasteiger partial charge on any atom is -0.462 e. The number of hydrogen-bond acceptors (Lipinski definition) is 5. The lowest BCUT2D eigenvalue weighted by Gasteiger charge is -2.36. The van der Waals surface area contributed by atoms with Crippen molar-refractivity contribution in [3.63, 3.8) is 0 Å². The smallest absolute Gasteiger partial charge is 0.338 e. The maximum Gasteiger partial charge on any atom is 0.338 e. The summed E-state index contributed by atoms with van der Waals surface area (Å²) in [6.07, 6.45) is 2.56. The van der Waals surface area contributed by atoms with E-state index in [0.717, 1.165) is 36.2 Å². The molecule has 3 heterocycles. The molecule has 2 fully saturated rings. The third kappa shape index (κ3) is 3.33. The summed E-state index contributed by atoms with van der Waals surface area (Å²) in [6, 6.07) is 10.4. The van der Waals surface area contributed by atoms with Crippen LogP contribution in [0.15, 0.2) is 36.4 Å². The highest BCUT2D eigenvalue weighted by Gasteiger charge is 2.65. The highest BCUT2D eigenvalue weighted by molar-refractivity contribution is 6.31. The summed E-state index contributed by atoms with van der Waals surface area (Å²) in [6.45, 7) is 4.73. The molecule has 2 N–H and O–H groups in total. The average Bonchev–Trinajstić information content (AvgIpc) is 3.44. The molecule has 3 aliphatic heterocycles. The van der Waals surface area contributed by atoms with Gasteiger partial charge in [-0.25, -0.2) is 4.79 Å². The standard InChI is InChI=1S/C25H26ClN3O4/c1-3-33-23(31)15-6-8-17(9-7-15)27-22(30)20-13-18-5-4-10-29(18)25(20)19-12-16(26)11-14(2)21(19)28-24(25)32/h6-9,11-12,18,20H,3-5,10,13H2,1-2H3,(H,27,30)(H,28,32)/t18-,20+,25+/m1/s1. The quantitative estimate of drug-likeness (QED) is 0.661. The van der Waals surface area contributed by atoms with Gasteiger partial charge in [0.15, 0.2) is 0 Å². The van der Waals surface area contributed by atoms with Crippen LogP contribution in [0.3, 0.4) is 0 Å². The van der Waals surface area contributed by atoms with Crippen LogP contribution in [0.25, 0.3) is 0 Å². The highest BCUT2D eigenvalue weighted by atomic mass is 35.5.